The van der Waals surface area contributed by atoms with Gasteiger partial charge in [0, 0.05) is 38.2 Å². The molecule has 0 bridgehead atoms. The Kier molecular flexibility index (Phi) is 7.93. The van der Waals surface area contributed by atoms with E-state index in [4.69, 9.17) is 23.8 Å². The van der Waals surface area contributed by atoms with Gasteiger partial charge in [0.25, 0.3) is 0 Å². The second kappa shape index (κ2) is 14.4. The maximum absolute atomic E-state index is 6.73. The lowest BCUT2D eigenvalue weighted by Crippen LogP contribution is -2.25. The Bertz CT molecular complexity index is 4230. The molecule has 0 fully saturated rings. The summed E-state index contributed by atoms with van der Waals surface area (Å²) >= 11 is 0. The second-order valence-corrected chi connectivity index (χ2v) is 18.1. The molecule has 0 atom stereocenters. The van der Waals surface area contributed by atoms with Crippen LogP contribution in [0.2, 0.25) is 0 Å². The molecule has 13 aromatic rings. The van der Waals surface area contributed by atoms with Crippen LogP contribution in [0, 0.1) is 0 Å². The maximum Gasteiger partial charge on any atom is 0.164 e. The van der Waals surface area contributed by atoms with E-state index in [9.17, 15) is 0 Å². The first-order valence-corrected chi connectivity index (χ1v) is 23.4. The van der Waals surface area contributed by atoms with Crippen LogP contribution in [0.4, 0.5) is 0 Å². The van der Waals surface area contributed by atoms with Crippen LogP contribution < -0.4 is 0 Å². The zero-order valence-corrected chi connectivity index (χ0v) is 37.0. The summed E-state index contributed by atoms with van der Waals surface area (Å²) in [7, 11) is 0. The van der Waals surface area contributed by atoms with Crippen LogP contribution in [-0.4, -0.2) is 15.0 Å². The molecule has 3 heterocycles. The fourth-order valence-electron chi connectivity index (χ4n) is 11.8. The van der Waals surface area contributed by atoms with Crippen molar-refractivity contribution >= 4 is 43.9 Å². The summed E-state index contributed by atoms with van der Waals surface area (Å²) in [6.07, 6.45) is 0. The number of fused-ring (bicyclic) bond motifs is 16. The Morgan fingerprint density at radius 3 is 1.41 bits per heavy atom. The largest absolute Gasteiger partial charge is 0.456 e. The molecule has 0 saturated heterocycles. The molecular weight excluding hydrogens is 843 g/mol. The van der Waals surface area contributed by atoms with Crippen LogP contribution in [0.3, 0.4) is 0 Å². The monoisotopic (exact) mass is 879 g/mol. The van der Waals surface area contributed by atoms with Gasteiger partial charge in [-0.2, -0.15) is 0 Å². The molecule has 0 amide bonds. The highest BCUT2D eigenvalue weighted by molar-refractivity contribution is 6.14. The van der Waals surface area contributed by atoms with E-state index in [1.807, 2.05) is 54.6 Å². The quantitative estimate of drug-likeness (QED) is 0.172. The van der Waals surface area contributed by atoms with Gasteiger partial charge in [0.15, 0.2) is 17.5 Å². The molecule has 10 aromatic carbocycles. The summed E-state index contributed by atoms with van der Waals surface area (Å²) in [5, 5.41) is 3.91. The Hall–Kier alpha value is -9.19. The SMILES string of the molecule is c1ccc(-c2ccccc2-c2nc(-c3cccc4oc5ccccc5c34)nc(-c3cccc4oc5ccc(-c6cccc7c6-c6ccccc6C76c7ccccc7-c7ccccc76)cc5c34)n2)cc1. The third-order valence-electron chi connectivity index (χ3n) is 14.6. The van der Waals surface area contributed by atoms with Crippen molar-refractivity contribution in [2.24, 2.45) is 0 Å². The highest BCUT2D eigenvalue weighted by Gasteiger charge is 2.52. The average molecular weight is 880 g/mol. The van der Waals surface area contributed by atoms with Crippen molar-refractivity contribution in [3.63, 3.8) is 0 Å². The molecule has 320 valence electrons. The summed E-state index contributed by atoms with van der Waals surface area (Å²) in [6.45, 7) is 0. The lowest BCUT2D eigenvalue weighted by atomic mass is 9.70. The predicted octanol–water partition coefficient (Wildman–Crippen LogP) is 16.3. The number of para-hydroxylation sites is 1. The minimum absolute atomic E-state index is 0.435. The fourth-order valence-corrected chi connectivity index (χ4v) is 11.8. The van der Waals surface area contributed by atoms with Crippen LogP contribution in [0.25, 0.3) is 123 Å². The molecule has 0 N–H and O–H groups in total. The molecule has 5 heteroatoms. The van der Waals surface area contributed by atoms with E-state index in [2.05, 4.69) is 170 Å². The molecule has 5 nitrogen and oxygen atoms in total. The van der Waals surface area contributed by atoms with Gasteiger partial charge in [0.1, 0.15) is 22.3 Å². The summed E-state index contributed by atoms with van der Waals surface area (Å²) in [6, 6.07) is 79.6. The molecule has 0 aliphatic heterocycles. The van der Waals surface area contributed by atoms with E-state index < -0.39 is 5.41 Å². The van der Waals surface area contributed by atoms with E-state index in [0.717, 1.165) is 77.3 Å². The van der Waals surface area contributed by atoms with Crippen molar-refractivity contribution in [1.82, 2.24) is 15.0 Å². The summed E-state index contributed by atoms with van der Waals surface area (Å²) in [4.78, 5) is 16.1. The second-order valence-electron chi connectivity index (χ2n) is 18.1. The Balaban J connectivity index is 0.965. The molecular formula is C64H37N3O2. The lowest BCUT2D eigenvalue weighted by Gasteiger charge is -2.30. The smallest absolute Gasteiger partial charge is 0.164 e. The van der Waals surface area contributed by atoms with Gasteiger partial charge in [-0.3, -0.25) is 0 Å². The summed E-state index contributed by atoms with van der Waals surface area (Å²) in [5.74, 6) is 1.69. The summed E-state index contributed by atoms with van der Waals surface area (Å²) in [5.41, 5.74) is 20.1. The van der Waals surface area contributed by atoms with Crippen molar-refractivity contribution in [3.05, 3.63) is 247 Å². The third kappa shape index (κ3) is 5.32. The fraction of sp³-hybridized carbons (Fsp3) is 0.0156. The molecule has 2 aliphatic rings. The zero-order valence-electron chi connectivity index (χ0n) is 37.0. The Labute approximate surface area is 396 Å². The Morgan fingerprint density at radius 2 is 0.725 bits per heavy atom. The van der Waals surface area contributed by atoms with Gasteiger partial charge in [-0.1, -0.05) is 194 Å². The van der Waals surface area contributed by atoms with Gasteiger partial charge in [0.05, 0.1) is 5.41 Å². The first-order chi connectivity index (χ1) is 34.2. The van der Waals surface area contributed by atoms with E-state index in [0.29, 0.717) is 17.5 Å². The summed E-state index contributed by atoms with van der Waals surface area (Å²) < 4.78 is 13.1. The van der Waals surface area contributed by atoms with E-state index in [1.165, 1.54) is 50.1 Å². The molecule has 0 saturated carbocycles. The van der Waals surface area contributed by atoms with E-state index in [-0.39, 0.29) is 0 Å². The van der Waals surface area contributed by atoms with Gasteiger partial charge >= 0.3 is 0 Å². The first kappa shape index (κ1) is 38.0. The Morgan fingerprint density at radius 1 is 0.275 bits per heavy atom. The van der Waals surface area contributed by atoms with E-state index in [1.54, 1.807) is 0 Å². The number of furan rings is 2. The molecule has 69 heavy (non-hydrogen) atoms. The van der Waals surface area contributed by atoms with Crippen LogP contribution >= 0.6 is 0 Å². The molecule has 0 unspecified atom stereocenters. The minimum atomic E-state index is -0.435. The molecule has 0 radical (unpaired) electrons. The standard InChI is InChI=1S/C64H37N3O2/c1-2-17-38(18-3-1)40-19-4-5-22-44(40)61-65-62(47-26-15-33-56-59(47)46-24-9-13-32-54(46)68-56)67-63(66-61)48-27-16-34-57-60(48)49-37-39(35-36-55(49)69-57)41-25-14-31-53-58(41)45-23-8-12-30-52(45)64(53)50-28-10-6-20-42(50)43-21-7-11-29-51(43)64/h1-37H. The minimum Gasteiger partial charge on any atom is -0.456 e. The van der Waals surface area contributed by atoms with Gasteiger partial charge in [0.2, 0.25) is 0 Å². The zero-order chi connectivity index (χ0) is 45.2. The topological polar surface area (TPSA) is 65.0 Å². The molecule has 1 spiro atoms. The van der Waals surface area contributed by atoms with Crippen molar-refractivity contribution in [1.29, 1.82) is 0 Å². The first-order valence-electron chi connectivity index (χ1n) is 23.4. The van der Waals surface area contributed by atoms with Crippen LogP contribution in [0.5, 0.6) is 0 Å². The van der Waals surface area contributed by atoms with Gasteiger partial charge in [-0.05, 0) is 97.1 Å². The highest BCUT2D eigenvalue weighted by atomic mass is 16.3. The number of hydrogen-bond donors (Lipinski definition) is 0. The lowest BCUT2D eigenvalue weighted by molar-refractivity contribution is 0.668. The number of benzene rings is 10. The average Bonchev–Trinajstić information content (AvgIpc) is 4.16. The molecule has 3 aromatic heterocycles. The van der Waals surface area contributed by atoms with Crippen molar-refractivity contribution in [3.8, 4) is 78.7 Å². The normalized spacial score (nSPS) is 13.0. The predicted molar refractivity (Wildman–Crippen MR) is 278 cm³/mol. The van der Waals surface area contributed by atoms with Gasteiger partial charge < -0.3 is 8.83 Å². The van der Waals surface area contributed by atoms with Crippen LogP contribution in [-0.2, 0) is 5.41 Å². The van der Waals surface area contributed by atoms with Crippen molar-refractivity contribution in [2.75, 3.05) is 0 Å². The van der Waals surface area contributed by atoms with Crippen LogP contribution in [0.15, 0.2) is 233 Å². The van der Waals surface area contributed by atoms with E-state index >= 15 is 0 Å². The van der Waals surface area contributed by atoms with Gasteiger partial charge in [-0.15, -0.1) is 0 Å². The number of hydrogen-bond acceptors (Lipinski definition) is 5. The van der Waals surface area contributed by atoms with Crippen LogP contribution in [0.1, 0.15) is 22.3 Å². The number of nitrogens with zero attached hydrogens (tertiary/aromatic N) is 3. The number of rotatable bonds is 5. The maximum atomic E-state index is 6.73. The third-order valence-corrected chi connectivity index (χ3v) is 14.6. The van der Waals surface area contributed by atoms with Gasteiger partial charge in [-0.25, -0.2) is 15.0 Å². The molecule has 15 rings (SSSR count). The number of aromatic nitrogens is 3. The van der Waals surface area contributed by atoms with Crippen molar-refractivity contribution < 1.29 is 8.83 Å². The van der Waals surface area contributed by atoms with Crippen molar-refractivity contribution in [2.45, 2.75) is 5.41 Å². The highest BCUT2D eigenvalue weighted by Crippen LogP contribution is 2.64. The molecule has 2 aliphatic carbocycles.